The number of hydrogen-bond acceptors (Lipinski definition) is 6. The number of esters is 1. The summed E-state index contributed by atoms with van der Waals surface area (Å²) in [6.45, 7) is 1.69. The van der Waals surface area contributed by atoms with Crippen LogP contribution in [0.4, 0.5) is 0 Å². The van der Waals surface area contributed by atoms with E-state index < -0.39 is 28.4 Å². The van der Waals surface area contributed by atoms with Gasteiger partial charge in [-0.3, -0.25) is 4.79 Å². The molecule has 0 aromatic heterocycles. The molecule has 0 heterocycles. The summed E-state index contributed by atoms with van der Waals surface area (Å²) in [5, 5.41) is 2.63. The third-order valence-electron chi connectivity index (χ3n) is 3.77. The first-order valence-electron chi connectivity index (χ1n) is 8.53. The molecule has 2 rings (SSSR count). The van der Waals surface area contributed by atoms with Gasteiger partial charge in [-0.05, 0) is 37.3 Å². The van der Waals surface area contributed by atoms with Crippen molar-refractivity contribution < 1.29 is 27.5 Å². The summed E-state index contributed by atoms with van der Waals surface area (Å²) < 4.78 is 36.9. The molecule has 0 saturated heterocycles. The van der Waals surface area contributed by atoms with E-state index in [1.807, 2.05) is 12.1 Å². The Morgan fingerprint density at radius 3 is 2.36 bits per heavy atom. The smallest absolute Gasteiger partial charge is 0.338 e. The number of sulfonamides is 1. The summed E-state index contributed by atoms with van der Waals surface area (Å²) in [5.74, 6) is -0.391. The molecule has 2 N–H and O–H groups in total. The number of para-hydroxylation sites is 1. The quantitative estimate of drug-likeness (QED) is 0.610. The van der Waals surface area contributed by atoms with E-state index >= 15 is 0 Å². The van der Waals surface area contributed by atoms with Crippen LogP contribution < -0.4 is 14.8 Å². The second kappa shape index (κ2) is 9.86. The first kappa shape index (κ1) is 21.4. The zero-order valence-electron chi connectivity index (χ0n) is 15.6. The predicted molar refractivity (Wildman–Crippen MR) is 102 cm³/mol. The maximum absolute atomic E-state index is 12.3. The number of hydrogen-bond donors (Lipinski definition) is 2. The van der Waals surface area contributed by atoms with Crippen LogP contribution >= 0.6 is 0 Å². The van der Waals surface area contributed by atoms with Crippen molar-refractivity contribution in [2.24, 2.45) is 0 Å². The van der Waals surface area contributed by atoms with Gasteiger partial charge in [0, 0.05) is 12.1 Å². The summed E-state index contributed by atoms with van der Waals surface area (Å²) in [6.07, 6.45) is 0. The van der Waals surface area contributed by atoms with Crippen molar-refractivity contribution in [3.05, 3.63) is 59.7 Å². The van der Waals surface area contributed by atoms with Gasteiger partial charge in [-0.25, -0.2) is 17.9 Å². The molecule has 0 bridgehead atoms. The Hall–Kier alpha value is -2.91. The standard InChI is InChI=1S/C19H22N2O6S/c1-3-27-19(23)14-8-10-16(11-9-14)28(24,25)21-13-18(22)20-12-15-6-4-5-7-17(15)26-2/h4-11,21H,3,12-13H2,1-2H3,(H,20,22). The number of benzene rings is 2. The molecule has 0 spiro atoms. The molecule has 0 saturated carbocycles. The Bertz CT molecular complexity index is 926. The zero-order chi connectivity index (χ0) is 20.6. The van der Waals surface area contributed by atoms with Crippen molar-refractivity contribution in [2.75, 3.05) is 20.3 Å². The lowest BCUT2D eigenvalue weighted by Gasteiger charge is -2.10. The van der Waals surface area contributed by atoms with Gasteiger partial charge in [0.05, 0.1) is 30.7 Å². The highest BCUT2D eigenvalue weighted by atomic mass is 32.2. The maximum Gasteiger partial charge on any atom is 0.338 e. The molecule has 2 aromatic rings. The third-order valence-corrected chi connectivity index (χ3v) is 5.18. The van der Waals surface area contributed by atoms with E-state index in [0.29, 0.717) is 5.75 Å². The molecule has 0 atom stereocenters. The normalized spacial score (nSPS) is 10.9. The lowest BCUT2D eigenvalue weighted by Crippen LogP contribution is -2.36. The topological polar surface area (TPSA) is 111 Å². The first-order valence-corrected chi connectivity index (χ1v) is 10.0. The summed E-state index contributed by atoms with van der Waals surface area (Å²) in [4.78, 5) is 23.5. The molecule has 0 radical (unpaired) electrons. The molecular formula is C19H22N2O6S. The highest BCUT2D eigenvalue weighted by molar-refractivity contribution is 7.89. The van der Waals surface area contributed by atoms with Crippen molar-refractivity contribution in [1.82, 2.24) is 10.0 Å². The second-order valence-corrected chi connectivity index (χ2v) is 7.42. The largest absolute Gasteiger partial charge is 0.496 e. The van der Waals surface area contributed by atoms with Crippen LogP contribution in [0.5, 0.6) is 5.75 Å². The van der Waals surface area contributed by atoms with E-state index in [1.165, 1.54) is 31.4 Å². The van der Waals surface area contributed by atoms with Crippen molar-refractivity contribution in [3.8, 4) is 5.75 Å². The van der Waals surface area contributed by atoms with Gasteiger partial charge in [-0.15, -0.1) is 0 Å². The Labute approximate surface area is 163 Å². The summed E-state index contributed by atoms with van der Waals surface area (Å²) in [7, 11) is -2.36. The molecule has 2 aromatic carbocycles. The SMILES string of the molecule is CCOC(=O)c1ccc(S(=O)(=O)NCC(=O)NCc2ccccc2OC)cc1. The Morgan fingerprint density at radius 2 is 1.71 bits per heavy atom. The number of methoxy groups -OCH3 is 1. The molecule has 0 aliphatic rings. The van der Waals surface area contributed by atoms with Crippen LogP contribution in [0.3, 0.4) is 0 Å². The monoisotopic (exact) mass is 406 g/mol. The molecule has 8 nitrogen and oxygen atoms in total. The van der Waals surface area contributed by atoms with E-state index in [2.05, 4.69) is 10.0 Å². The average Bonchev–Trinajstić information content (AvgIpc) is 2.71. The molecule has 0 aliphatic carbocycles. The van der Waals surface area contributed by atoms with E-state index in [1.54, 1.807) is 19.1 Å². The van der Waals surface area contributed by atoms with Crippen molar-refractivity contribution >= 4 is 21.9 Å². The van der Waals surface area contributed by atoms with Crippen LogP contribution in [0.2, 0.25) is 0 Å². The summed E-state index contributed by atoms with van der Waals surface area (Å²) in [5.41, 5.74) is 1.02. The predicted octanol–water partition coefficient (Wildman–Crippen LogP) is 1.47. The fourth-order valence-corrected chi connectivity index (χ4v) is 3.32. The number of carbonyl (C=O) groups is 2. The molecular weight excluding hydrogens is 384 g/mol. The van der Waals surface area contributed by atoms with Gasteiger partial charge in [0.15, 0.2) is 0 Å². The summed E-state index contributed by atoms with van der Waals surface area (Å²) in [6, 6.07) is 12.5. The van der Waals surface area contributed by atoms with Crippen molar-refractivity contribution in [1.29, 1.82) is 0 Å². The average molecular weight is 406 g/mol. The Kier molecular flexibility index (Phi) is 7.53. The van der Waals surface area contributed by atoms with E-state index in [-0.39, 0.29) is 23.6 Å². The molecule has 9 heteroatoms. The molecule has 0 aliphatic heterocycles. The first-order chi connectivity index (χ1) is 13.4. The maximum atomic E-state index is 12.3. The van der Waals surface area contributed by atoms with Crippen LogP contribution in [0.15, 0.2) is 53.4 Å². The Balaban J connectivity index is 1.91. The van der Waals surface area contributed by atoms with E-state index in [9.17, 15) is 18.0 Å². The van der Waals surface area contributed by atoms with Crippen molar-refractivity contribution in [3.63, 3.8) is 0 Å². The number of carbonyl (C=O) groups excluding carboxylic acids is 2. The zero-order valence-corrected chi connectivity index (χ0v) is 16.4. The minimum absolute atomic E-state index is 0.0573. The lowest BCUT2D eigenvalue weighted by molar-refractivity contribution is -0.120. The van der Waals surface area contributed by atoms with Gasteiger partial charge in [0.1, 0.15) is 5.75 Å². The fraction of sp³-hybridized carbons (Fsp3) is 0.263. The highest BCUT2D eigenvalue weighted by Gasteiger charge is 2.17. The highest BCUT2D eigenvalue weighted by Crippen LogP contribution is 2.16. The Morgan fingerprint density at radius 1 is 1.04 bits per heavy atom. The third kappa shape index (κ3) is 5.80. The summed E-state index contributed by atoms with van der Waals surface area (Å²) >= 11 is 0. The number of rotatable bonds is 9. The second-order valence-electron chi connectivity index (χ2n) is 5.66. The van der Waals surface area contributed by atoms with Crippen LogP contribution in [0.1, 0.15) is 22.8 Å². The van der Waals surface area contributed by atoms with Crippen LogP contribution in [0, 0.1) is 0 Å². The van der Waals surface area contributed by atoms with Gasteiger partial charge in [-0.2, -0.15) is 0 Å². The fourth-order valence-electron chi connectivity index (χ4n) is 2.33. The number of nitrogens with one attached hydrogen (secondary N) is 2. The van der Waals surface area contributed by atoms with Crippen LogP contribution in [0.25, 0.3) is 0 Å². The molecule has 28 heavy (non-hydrogen) atoms. The minimum Gasteiger partial charge on any atom is -0.496 e. The van der Waals surface area contributed by atoms with Crippen LogP contribution in [-0.4, -0.2) is 40.6 Å². The van der Waals surface area contributed by atoms with Gasteiger partial charge >= 0.3 is 5.97 Å². The molecule has 0 fully saturated rings. The van der Waals surface area contributed by atoms with E-state index in [0.717, 1.165) is 5.56 Å². The lowest BCUT2D eigenvalue weighted by atomic mass is 10.2. The number of amides is 1. The van der Waals surface area contributed by atoms with Gasteiger partial charge in [0.2, 0.25) is 15.9 Å². The minimum atomic E-state index is -3.89. The molecule has 1 amide bonds. The van der Waals surface area contributed by atoms with Crippen LogP contribution in [-0.2, 0) is 26.1 Å². The van der Waals surface area contributed by atoms with E-state index in [4.69, 9.17) is 9.47 Å². The van der Waals surface area contributed by atoms with Gasteiger partial charge in [0.25, 0.3) is 0 Å². The van der Waals surface area contributed by atoms with Gasteiger partial charge < -0.3 is 14.8 Å². The molecule has 0 unspecified atom stereocenters. The van der Waals surface area contributed by atoms with Gasteiger partial charge in [-0.1, -0.05) is 18.2 Å². The number of ether oxygens (including phenoxy) is 2. The van der Waals surface area contributed by atoms with Crippen molar-refractivity contribution in [2.45, 2.75) is 18.4 Å². The molecule has 150 valence electrons.